The zero-order valence-electron chi connectivity index (χ0n) is 15.7. The number of nitro benzene ring substituents is 1. The fourth-order valence-electron chi connectivity index (χ4n) is 3.00. The molecule has 152 valence electrons. The van der Waals surface area contributed by atoms with Crippen LogP contribution in [0.1, 0.15) is 0 Å². The smallest absolute Gasteiger partial charge is 0.273 e. The van der Waals surface area contributed by atoms with Crippen LogP contribution in [0.5, 0.6) is 5.75 Å². The largest absolute Gasteiger partial charge is 0.491 e. The van der Waals surface area contributed by atoms with Crippen molar-refractivity contribution in [2.24, 2.45) is 0 Å². The molecule has 2 heterocycles. The zero-order valence-corrected chi connectivity index (χ0v) is 15.7. The molecule has 10 heteroatoms. The van der Waals surface area contributed by atoms with Gasteiger partial charge in [0.25, 0.3) is 11.2 Å². The van der Waals surface area contributed by atoms with Crippen LogP contribution in [-0.2, 0) is 6.54 Å². The summed E-state index contributed by atoms with van der Waals surface area (Å²) in [6, 6.07) is 15.0. The Balaban J connectivity index is 1.49. The third-order valence-corrected chi connectivity index (χ3v) is 4.43. The summed E-state index contributed by atoms with van der Waals surface area (Å²) in [5, 5.41) is 25.6. The lowest BCUT2D eigenvalue weighted by atomic mass is 10.3. The van der Waals surface area contributed by atoms with Gasteiger partial charge in [0, 0.05) is 6.07 Å². The second kappa shape index (κ2) is 8.13. The molecule has 10 nitrogen and oxygen atoms in total. The van der Waals surface area contributed by atoms with E-state index in [1.165, 1.54) is 35.3 Å². The van der Waals surface area contributed by atoms with Crippen LogP contribution >= 0.6 is 0 Å². The van der Waals surface area contributed by atoms with Crippen LogP contribution in [-0.4, -0.2) is 42.1 Å². The van der Waals surface area contributed by atoms with Crippen molar-refractivity contribution in [3.8, 4) is 11.4 Å². The number of para-hydroxylation sites is 1. The summed E-state index contributed by atoms with van der Waals surface area (Å²) >= 11 is 0. The van der Waals surface area contributed by atoms with Gasteiger partial charge in [-0.3, -0.25) is 19.5 Å². The van der Waals surface area contributed by atoms with E-state index in [-0.39, 0.29) is 30.1 Å². The number of aromatic nitrogens is 4. The number of benzene rings is 2. The average molecular weight is 407 g/mol. The van der Waals surface area contributed by atoms with E-state index in [1.807, 2.05) is 30.3 Å². The minimum atomic E-state index is -1.02. The Labute approximate surface area is 169 Å². The Morgan fingerprint density at radius 1 is 1.17 bits per heavy atom. The average Bonchev–Trinajstić information content (AvgIpc) is 3.20. The second-order valence-electron chi connectivity index (χ2n) is 6.55. The van der Waals surface area contributed by atoms with E-state index >= 15 is 0 Å². The molecule has 4 aromatic rings. The predicted octanol–water partition coefficient (Wildman–Crippen LogP) is 1.93. The maximum Gasteiger partial charge on any atom is 0.273 e. The predicted molar refractivity (Wildman–Crippen MR) is 108 cm³/mol. The van der Waals surface area contributed by atoms with Gasteiger partial charge in [0.15, 0.2) is 5.65 Å². The summed E-state index contributed by atoms with van der Waals surface area (Å²) in [7, 11) is 0. The van der Waals surface area contributed by atoms with E-state index in [1.54, 1.807) is 10.7 Å². The van der Waals surface area contributed by atoms with Crippen molar-refractivity contribution >= 4 is 16.7 Å². The van der Waals surface area contributed by atoms with E-state index < -0.39 is 11.0 Å². The molecule has 1 atom stereocenters. The number of non-ortho nitro benzene ring substituents is 1. The van der Waals surface area contributed by atoms with Crippen molar-refractivity contribution in [1.82, 2.24) is 19.3 Å². The van der Waals surface area contributed by atoms with Crippen molar-refractivity contribution in [3.05, 3.63) is 87.6 Å². The number of rotatable bonds is 7. The standard InChI is InChI=1S/C20H17N5O5/c26-16(12-30-17-8-4-7-15(9-17)25(28)29)11-23-13-21-19-18(20(23)27)10-22-24(19)14-5-2-1-3-6-14/h1-10,13,16,26H,11-12H2. The maximum absolute atomic E-state index is 12.7. The molecule has 0 spiro atoms. The van der Waals surface area contributed by atoms with E-state index in [0.29, 0.717) is 11.0 Å². The maximum atomic E-state index is 12.7. The first-order valence-corrected chi connectivity index (χ1v) is 9.07. The molecule has 0 bridgehead atoms. The Hall–Kier alpha value is -4.05. The molecule has 0 aliphatic rings. The molecule has 0 saturated carbocycles. The number of fused-ring (bicyclic) bond motifs is 1. The third kappa shape index (κ3) is 3.89. The Morgan fingerprint density at radius 3 is 2.73 bits per heavy atom. The van der Waals surface area contributed by atoms with Crippen molar-refractivity contribution < 1.29 is 14.8 Å². The van der Waals surface area contributed by atoms with Crippen LogP contribution < -0.4 is 10.3 Å². The molecule has 0 radical (unpaired) electrons. The molecule has 30 heavy (non-hydrogen) atoms. The molecule has 1 N–H and O–H groups in total. The van der Waals surface area contributed by atoms with Crippen molar-refractivity contribution in [1.29, 1.82) is 0 Å². The van der Waals surface area contributed by atoms with Crippen LogP contribution in [0, 0.1) is 10.1 Å². The van der Waals surface area contributed by atoms with Gasteiger partial charge in [-0.15, -0.1) is 0 Å². The molecule has 2 aromatic carbocycles. The second-order valence-corrected chi connectivity index (χ2v) is 6.55. The zero-order chi connectivity index (χ0) is 21.1. The molecule has 0 aliphatic heterocycles. The van der Waals surface area contributed by atoms with E-state index in [9.17, 15) is 20.0 Å². The first-order valence-electron chi connectivity index (χ1n) is 9.07. The number of aliphatic hydroxyl groups excluding tert-OH is 1. The van der Waals surface area contributed by atoms with Gasteiger partial charge in [-0.05, 0) is 18.2 Å². The minimum Gasteiger partial charge on any atom is -0.491 e. The van der Waals surface area contributed by atoms with Gasteiger partial charge in [-0.2, -0.15) is 5.10 Å². The lowest BCUT2D eigenvalue weighted by Gasteiger charge is -2.13. The molecule has 4 rings (SSSR count). The topological polar surface area (TPSA) is 125 Å². The molecule has 0 aliphatic carbocycles. The summed E-state index contributed by atoms with van der Waals surface area (Å²) in [5.41, 5.74) is 0.757. The van der Waals surface area contributed by atoms with Crippen LogP contribution in [0.3, 0.4) is 0 Å². The van der Waals surface area contributed by atoms with Crippen LogP contribution in [0.15, 0.2) is 71.9 Å². The highest BCUT2D eigenvalue weighted by atomic mass is 16.6. The normalized spacial score (nSPS) is 12.0. The van der Waals surface area contributed by atoms with Gasteiger partial charge >= 0.3 is 0 Å². The summed E-state index contributed by atoms with van der Waals surface area (Å²) in [4.78, 5) is 27.4. The fourth-order valence-corrected chi connectivity index (χ4v) is 3.00. The minimum absolute atomic E-state index is 0.0484. The molecule has 2 aromatic heterocycles. The number of hydrogen-bond donors (Lipinski definition) is 1. The molecule has 0 amide bonds. The summed E-state index contributed by atoms with van der Waals surface area (Å²) < 4.78 is 8.26. The van der Waals surface area contributed by atoms with Crippen molar-refractivity contribution in [2.45, 2.75) is 12.6 Å². The Bertz CT molecular complexity index is 1250. The SMILES string of the molecule is O=c1c2cnn(-c3ccccc3)c2ncn1CC(O)COc1cccc([N+](=O)[O-])c1. The van der Waals surface area contributed by atoms with Crippen LogP contribution in [0.4, 0.5) is 5.69 Å². The highest BCUT2D eigenvalue weighted by Gasteiger charge is 2.14. The van der Waals surface area contributed by atoms with E-state index in [2.05, 4.69) is 10.1 Å². The monoisotopic (exact) mass is 407 g/mol. The number of hydrogen-bond acceptors (Lipinski definition) is 7. The van der Waals surface area contributed by atoms with Gasteiger partial charge < -0.3 is 9.84 Å². The summed E-state index contributed by atoms with van der Waals surface area (Å²) in [6.45, 7) is -0.192. The van der Waals surface area contributed by atoms with Gasteiger partial charge in [-0.25, -0.2) is 9.67 Å². The van der Waals surface area contributed by atoms with Crippen LogP contribution in [0.25, 0.3) is 16.7 Å². The van der Waals surface area contributed by atoms with Gasteiger partial charge in [0.05, 0.1) is 29.4 Å². The quantitative estimate of drug-likeness (QED) is 0.366. The number of ether oxygens (including phenoxy) is 1. The van der Waals surface area contributed by atoms with E-state index in [0.717, 1.165) is 5.69 Å². The van der Waals surface area contributed by atoms with Gasteiger partial charge in [-0.1, -0.05) is 24.3 Å². The van der Waals surface area contributed by atoms with Crippen molar-refractivity contribution in [3.63, 3.8) is 0 Å². The highest BCUT2D eigenvalue weighted by Crippen LogP contribution is 2.19. The summed E-state index contributed by atoms with van der Waals surface area (Å²) in [6.07, 6.45) is 1.77. The number of aliphatic hydroxyl groups is 1. The lowest BCUT2D eigenvalue weighted by molar-refractivity contribution is -0.384. The number of nitro groups is 1. The lowest BCUT2D eigenvalue weighted by Crippen LogP contribution is -2.30. The third-order valence-electron chi connectivity index (χ3n) is 4.43. The van der Waals surface area contributed by atoms with Crippen molar-refractivity contribution in [2.75, 3.05) is 6.61 Å². The fraction of sp³-hybridized carbons (Fsp3) is 0.150. The first-order chi connectivity index (χ1) is 14.5. The van der Waals surface area contributed by atoms with Crippen LogP contribution in [0.2, 0.25) is 0 Å². The Morgan fingerprint density at radius 2 is 1.97 bits per heavy atom. The molecule has 1 unspecified atom stereocenters. The number of nitrogens with zero attached hydrogens (tertiary/aromatic N) is 5. The highest BCUT2D eigenvalue weighted by molar-refractivity contribution is 5.74. The summed E-state index contributed by atoms with van der Waals surface area (Å²) in [5.74, 6) is 0.258. The van der Waals surface area contributed by atoms with E-state index in [4.69, 9.17) is 4.74 Å². The molecular formula is C20H17N5O5. The first kappa shape index (κ1) is 19.3. The van der Waals surface area contributed by atoms with Gasteiger partial charge in [0.1, 0.15) is 30.2 Å². The van der Waals surface area contributed by atoms with Gasteiger partial charge in [0.2, 0.25) is 0 Å². The molecular weight excluding hydrogens is 390 g/mol. The molecule has 0 fully saturated rings. The molecule has 0 saturated heterocycles. The Kier molecular flexibility index (Phi) is 5.22.